The number of carbonyl (C=O) groups excluding carboxylic acids is 1. The minimum absolute atomic E-state index is 0.289. The SMILES string of the molecule is COC(=O)c1ccc(N2CCC[C@H]2c2ccccc2)cc1. The Labute approximate surface area is 125 Å². The number of ether oxygens (including phenoxy) is 1. The summed E-state index contributed by atoms with van der Waals surface area (Å²) in [5.74, 6) is -0.289. The molecular weight excluding hydrogens is 262 g/mol. The van der Waals surface area contributed by atoms with Gasteiger partial charge in [0.1, 0.15) is 0 Å². The van der Waals surface area contributed by atoms with Crippen LogP contribution in [0.15, 0.2) is 54.6 Å². The molecule has 108 valence electrons. The molecule has 21 heavy (non-hydrogen) atoms. The molecule has 1 fully saturated rings. The fourth-order valence-corrected chi connectivity index (χ4v) is 3.00. The summed E-state index contributed by atoms with van der Waals surface area (Å²) < 4.78 is 4.74. The first kappa shape index (κ1) is 13.7. The van der Waals surface area contributed by atoms with Crippen LogP contribution in [-0.2, 0) is 4.74 Å². The summed E-state index contributed by atoms with van der Waals surface area (Å²) in [4.78, 5) is 13.9. The topological polar surface area (TPSA) is 29.5 Å². The fraction of sp³-hybridized carbons (Fsp3) is 0.278. The molecule has 1 aliphatic rings. The first-order valence-electron chi connectivity index (χ1n) is 7.29. The van der Waals surface area contributed by atoms with Crippen molar-refractivity contribution in [2.45, 2.75) is 18.9 Å². The van der Waals surface area contributed by atoms with Gasteiger partial charge < -0.3 is 9.64 Å². The monoisotopic (exact) mass is 281 g/mol. The fourth-order valence-electron chi connectivity index (χ4n) is 3.00. The number of hydrogen-bond donors (Lipinski definition) is 0. The lowest BCUT2D eigenvalue weighted by molar-refractivity contribution is 0.0601. The molecule has 1 heterocycles. The summed E-state index contributed by atoms with van der Waals surface area (Å²) in [7, 11) is 1.40. The zero-order valence-corrected chi connectivity index (χ0v) is 12.2. The van der Waals surface area contributed by atoms with Crippen molar-refractivity contribution in [1.29, 1.82) is 0 Å². The number of rotatable bonds is 3. The number of anilines is 1. The van der Waals surface area contributed by atoms with Gasteiger partial charge in [-0.2, -0.15) is 0 Å². The zero-order chi connectivity index (χ0) is 14.7. The highest BCUT2D eigenvalue weighted by molar-refractivity contribution is 5.89. The maximum Gasteiger partial charge on any atom is 0.337 e. The molecule has 0 bridgehead atoms. The van der Waals surface area contributed by atoms with E-state index in [1.807, 2.05) is 30.3 Å². The Morgan fingerprint density at radius 3 is 2.48 bits per heavy atom. The Hall–Kier alpha value is -2.29. The van der Waals surface area contributed by atoms with Gasteiger partial charge in [0, 0.05) is 12.2 Å². The van der Waals surface area contributed by atoms with Crippen LogP contribution in [0, 0.1) is 0 Å². The second kappa shape index (κ2) is 6.00. The first-order valence-corrected chi connectivity index (χ1v) is 7.29. The molecule has 0 amide bonds. The second-order valence-corrected chi connectivity index (χ2v) is 5.30. The Morgan fingerprint density at radius 2 is 1.81 bits per heavy atom. The van der Waals surface area contributed by atoms with Gasteiger partial charge in [-0.15, -0.1) is 0 Å². The zero-order valence-electron chi connectivity index (χ0n) is 12.2. The van der Waals surface area contributed by atoms with E-state index in [2.05, 4.69) is 29.2 Å². The van der Waals surface area contributed by atoms with Gasteiger partial charge in [-0.1, -0.05) is 30.3 Å². The largest absolute Gasteiger partial charge is 0.465 e. The number of hydrogen-bond acceptors (Lipinski definition) is 3. The minimum atomic E-state index is -0.289. The van der Waals surface area contributed by atoms with Gasteiger partial charge in [-0.3, -0.25) is 0 Å². The predicted molar refractivity (Wildman–Crippen MR) is 83.5 cm³/mol. The van der Waals surface area contributed by atoms with Crippen LogP contribution in [0.3, 0.4) is 0 Å². The van der Waals surface area contributed by atoms with Crippen LogP contribution in [0.2, 0.25) is 0 Å². The smallest absolute Gasteiger partial charge is 0.337 e. The van der Waals surface area contributed by atoms with Crippen LogP contribution in [0.1, 0.15) is 34.8 Å². The second-order valence-electron chi connectivity index (χ2n) is 5.30. The van der Waals surface area contributed by atoms with E-state index in [4.69, 9.17) is 4.74 Å². The van der Waals surface area contributed by atoms with Crippen molar-refractivity contribution in [3.05, 3.63) is 65.7 Å². The number of nitrogens with zero attached hydrogens (tertiary/aromatic N) is 1. The van der Waals surface area contributed by atoms with Crippen LogP contribution >= 0.6 is 0 Å². The lowest BCUT2D eigenvalue weighted by atomic mass is 10.0. The Bertz CT molecular complexity index is 607. The Kier molecular flexibility index (Phi) is 3.91. The van der Waals surface area contributed by atoms with Crippen molar-refractivity contribution >= 4 is 11.7 Å². The molecule has 0 aliphatic carbocycles. The van der Waals surface area contributed by atoms with Gasteiger partial charge in [-0.25, -0.2) is 4.79 Å². The van der Waals surface area contributed by atoms with E-state index in [1.165, 1.54) is 25.5 Å². The molecule has 2 aromatic rings. The lowest BCUT2D eigenvalue weighted by Crippen LogP contribution is -2.22. The first-order chi connectivity index (χ1) is 10.3. The molecule has 3 heteroatoms. The molecule has 1 aliphatic heterocycles. The summed E-state index contributed by atoms with van der Waals surface area (Å²) in [6, 6.07) is 18.7. The van der Waals surface area contributed by atoms with Gasteiger partial charge in [0.15, 0.2) is 0 Å². The normalized spacial score (nSPS) is 17.8. The molecule has 0 N–H and O–H groups in total. The van der Waals surface area contributed by atoms with E-state index in [-0.39, 0.29) is 5.97 Å². The van der Waals surface area contributed by atoms with Crippen molar-refractivity contribution in [2.24, 2.45) is 0 Å². The highest BCUT2D eigenvalue weighted by atomic mass is 16.5. The maximum atomic E-state index is 11.5. The summed E-state index contributed by atoms with van der Waals surface area (Å²) in [5.41, 5.74) is 3.11. The van der Waals surface area contributed by atoms with Gasteiger partial charge in [0.25, 0.3) is 0 Å². The Morgan fingerprint density at radius 1 is 1.10 bits per heavy atom. The van der Waals surface area contributed by atoms with Gasteiger partial charge in [-0.05, 0) is 42.7 Å². The molecule has 3 rings (SSSR count). The molecule has 3 nitrogen and oxygen atoms in total. The van der Waals surface area contributed by atoms with E-state index in [0.29, 0.717) is 11.6 Å². The number of benzene rings is 2. The number of carbonyl (C=O) groups is 1. The molecule has 2 aromatic carbocycles. The van der Waals surface area contributed by atoms with E-state index < -0.39 is 0 Å². The van der Waals surface area contributed by atoms with E-state index in [9.17, 15) is 4.79 Å². The van der Waals surface area contributed by atoms with Crippen LogP contribution in [0.25, 0.3) is 0 Å². The summed E-state index contributed by atoms with van der Waals surface area (Å²) in [5, 5.41) is 0. The number of methoxy groups -OCH3 is 1. The van der Waals surface area contributed by atoms with E-state index in [1.54, 1.807) is 0 Å². The Balaban J connectivity index is 1.84. The molecule has 0 saturated carbocycles. The molecular formula is C18H19NO2. The summed E-state index contributed by atoms with van der Waals surface area (Å²) in [6.07, 6.45) is 2.36. The highest BCUT2D eigenvalue weighted by Gasteiger charge is 2.26. The minimum Gasteiger partial charge on any atom is -0.465 e. The molecule has 0 unspecified atom stereocenters. The van der Waals surface area contributed by atoms with Gasteiger partial charge >= 0.3 is 5.97 Å². The van der Waals surface area contributed by atoms with Crippen LogP contribution in [0.5, 0.6) is 0 Å². The average molecular weight is 281 g/mol. The molecule has 0 aromatic heterocycles. The van der Waals surface area contributed by atoms with Crippen molar-refractivity contribution in [3.63, 3.8) is 0 Å². The van der Waals surface area contributed by atoms with Crippen molar-refractivity contribution in [1.82, 2.24) is 0 Å². The van der Waals surface area contributed by atoms with E-state index in [0.717, 1.165) is 12.2 Å². The van der Waals surface area contributed by atoms with Gasteiger partial charge in [0.2, 0.25) is 0 Å². The van der Waals surface area contributed by atoms with Crippen molar-refractivity contribution < 1.29 is 9.53 Å². The number of esters is 1. The van der Waals surface area contributed by atoms with Crippen molar-refractivity contribution in [3.8, 4) is 0 Å². The van der Waals surface area contributed by atoms with Crippen LogP contribution < -0.4 is 4.90 Å². The third kappa shape index (κ3) is 2.77. The standard InChI is InChI=1S/C18H19NO2/c1-21-18(20)15-9-11-16(12-10-15)19-13-5-8-17(19)14-6-3-2-4-7-14/h2-4,6-7,9-12,17H,5,8,13H2,1H3/t17-/m0/s1. The van der Waals surface area contributed by atoms with Crippen LogP contribution in [-0.4, -0.2) is 19.6 Å². The highest BCUT2D eigenvalue weighted by Crippen LogP contribution is 2.35. The third-order valence-corrected chi connectivity index (χ3v) is 4.06. The lowest BCUT2D eigenvalue weighted by Gasteiger charge is -2.27. The molecule has 1 atom stereocenters. The predicted octanol–water partition coefficient (Wildman–Crippen LogP) is 3.81. The third-order valence-electron chi connectivity index (χ3n) is 4.06. The van der Waals surface area contributed by atoms with Gasteiger partial charge in [0.05, 0.1) is 18.7 Å². The van der Waals surface area contributed by atoms with Crippen molar-refractivity contribution in [2.75, 3.05) is 18.6 Å². The van der Waals surface area contributed by atoms with E-state index >= 15 is 0 Å². The summed E-state index contributed by atoms with van der Waals surface area (Å²) >= 11 is 0. The van der Waals surface area contributed by atoms with Crippen LogP contribution in [0.4, 0.5) is 5.69 Å². The average Bonchev–Trinajstić information content (AvgIpc) is 3.04. The molecule has 1 saturated heterocycles. The molecule has 0 radical (unpaired) electrons. The summed E-state index contributed by atoms with van der Waals surface area (Å²) in [6.45, 7) is 1.05. The maximum absolute atomic E-state index is 11.5. The molecule has 0 spiro atoms. The quantitative estimate of drug-likeness (QED) is 0.801.